The standard InChI is InChI=1S/C18H22N4O3S/c1-19-17(24)15-8-13(10-22(15)9-12-5-7-26-11-12)21-16(23)14-4-3-6-20-18(14)25-2/h3-7,11,13,15H,8-10H2,1-2H3,(H,19,24)(H,21,23)/t13-,15+/m1/s1. The molecule has 1 saturated heterocycles. The summed E-state index contributed by atoms with van der Waals surface area (Å²) in [4.78, 5) is 31.0. The molecule has 0 bridgehead atoms. The number of aromatic nitrogens is 1. The van der Waals surface area contributed by atoms with Crippen molar-refractivity contribution in [2.45, 2.75) is 25.0 Å². The number of hydrogen-bond acceptors (Lipinski definition) is 6. The number of ether oxygens (including phenoxy) is 1. The normalized spacial score (nSPS) is 19.9. The Morgan fingerprint density at radius 3 is 2.96 bits per heavy atom. The van der Waals surface area contributed by atoms with Gasteiger partial charge in [0.25, 0.3) is 5.91 Å². The molecule has 1 aliphatic rings. The zero-order valence-electron chi connectivity index (χ0n) is 14.8. The molecule has 8 heteroatoms. The lowest BCUT2D eigenvalue weighted by atomic mass is 10.1. The zero-order chi connectivity index (χ0) is 18.5. The number of rotatable bonds is 6. The molecule has 1 fully saturated rings. The van der Waals surface area contributed by atoms with E-state index in [1.54, 1.807) is 36.7 Å². The van der Waals surface area contributed by atoms with E-state index in [0.717, 1.165) is 0 Å². The summed E-state index contributed by atoms with van der Waals surface area (Å²) in [7, 11) is 3.12. The molecule has 0 saturated carbocycles. The van der Waals surface area contributed by atoms with Crippen LogP contribution in [0.3, 0.4) is 0 Å². The number of likely N-dealkylation sites (tertiary alicyclic amines) is 1. The summed E-state index contributed by atoms with van der Waals surface area (Å²) in [6, 6.07) is 5.05. The third-order valence-corrected chi connectivity index (χ3v) is 5.19. The summed E-state index contributed by atoms with van der Waals surface area (Å²) >= 11 is 1.63. The lowest BCUT2D eigenvalue weighted by Crippen LogP contribution is -2.41. The van der Waals surface area contributed by atoms with E-state index in [0.29, 0.717) is 31.0 Å². The highest BCUT2D eigenvalue weighted by molar-refractivity contribution is 7.07. The first-order valence-corrected chi connectivity index (χ1v) is 9.33. The van der Waals surface area contributed by atoms with Gasteiger partial charge < -0.3 is 15.4 Å². The molecule has 0 spiro atoms. The van der Waals surface area contributed by atoms with Crippen LogP contribution in [0.2, 0.25) is 0 Å². The molecule has 0 radical (unpaired) electrons. The topological polar surface area (TPSA) is 83.6 Å². The number of pyridine rings is 1. The van der Waals surface area contributed by atoms with E-state index >= 15 is 0 Å². The van der Waals surface area contributed by atoms with Crippen LogP contribution in [-0.4, -0.2) is 54.5 Å². The third-order valence-electron chi connectivity index (χ3n) is 4.46. The van der Waals surface area contributed by atoms with E-state index in [1.807, 2.05) is 5.38 Å². The zero-order valence-corrected chi connectivity index (χ0v) is 15.6. The fourth-order valence-electron chi connectivity index (χ4n) is 3.23. The number of likely N-dealkylation sites (N-methyl/N-ethyl adjacent to an activating group) is 1. The number of nitrogens with zero attached hydrogens (tertiary/aromatic N) is 2. The SMILES string of the molecule is CNC(=O)[C@@H]1C[C@@H](NC(=O)c2cccnc2OC)CN1Cc1ccsc1. The first-order valence-electron chi connectivity index (χ1n) is 8.39. The Bertz CT molecular complexity index is 766. The van der Waals surface area contributed by atoms with Crippen molar-refractivity contribution in [3.8, 4) is 5.88 Å². The molecule has 1 aliphatic heterocycles. The van der Waals surface area contributed by atoms with Crippen LogP contribution in [0.5, 0.6) is 5.88 Å². The fraction of sp³-hybridized carbons (Fsp3) is 0.389. The van der Waals surface area contributed by atoms with Crippen molar-refractivity contribution in [3.05, 3.63) is 46.3 Å². The van der Waals surface area contributed by atoms with E-state index in [9.17, 15) is 9.59 Å². The van der Waals surface area contributed by atoms with Crippen molar-refractivity contribution >= 4 is 23.2 Å². The van der Waals surface area contributed by atoms with Crippen LogP contribution in [0.15, 0.2) is 35.2 Å². The molecule has 3 heterocycles. The van der Waals surface area contributed by atoms with Crippen LogP contribution in [0, 0.1) is 0 Å². The second kappa shape index (κ2) is 8.29. The van der Waals surface area contributed by atoms with Gasteiger partial charge in [-0.15, -0.1) is 0 Å². The number of carbonyl (C=O) groups is 2. The summed E-state index contributed by atoms with van der Waals surface area (Å²) in [5.74, 6) is 0.0184. The number of amides is 2. The number of thiophene rings is 1. The van der Waals surface area contributed by atoms with Crippen molar-refractivity contribution in [2.75, 3.05) is 20.7 Å². The van der Waals surface area contributed by atoms with Gasteiger partial charge in [0.15, 0.2) is 0 Å². The molecule has 26 heavy (non-hydrogen) atoms. The number of nitrogens with one attached hydrogen (secondary N) is 2. The highest BCUT2D eigenvalue weighted by atomic mass is 32.1. The second-order valence-electron chi connectivity index (χ2n) is 6.16. The summed E-state index contributed by atoms with van der Waals surface area (Å²) in [5, 5.41) is 9.83. The smallest absolute Gasteiger partial charge is 0.257 e. The fourth-order valence-corrected chi connectivity index (χ4v) is 3.89. The predicted molar refractivity (Wildman–Crippen MR) is 99.2 cm³/mol. The van der Waals surface area contributed by atoms with Gasteiger partial charge in [0.1, 0.15) is 5.56 Å². The average Bonchev–Trinajstić information content (AvgIpc) is 3.31. The molecule has 3 rings (SSSR count). The lowest BCUT2D eigenvalue weighted by Gasteiger charge is -2.22. The Labute approximate surface area is 156 Å². The van der Waals surface area contributed by atoms with Gasteiger partial charge in [0.05, 0.1) is 13.2 Å². The van der Waals surface area contributed by atoms with Gasteiger partial charge in [0, 0.05) is 32.4 Å². The molecular weight excluding hydrogens is 352 g/mol. The molecule has 2 N–H and O–H groups in total. The monoisotopic (exact) mass is 374 g/mol. The van der Waals surface area contributed by atoms with Gasteiger partial charge >= 0.3 is 0 Å². The average molecular weight is 374 g/mol. The Balaban J connectivity index is 1.70. The van der Waals surface area contributed by atoms with Gasteiger partial charge in [-0.05, 0) is 40.9 Å². The largest absolute Gasteiger partial charge is 0.480 e. The summed E-state index contributed by atoms with van der Waals surface area (Å²) in [6.45, 7) is 1.30. The van der Waals surface area contributed by atoms with Crippen LogP contribution in [0.25, 0.3) is 0 Å². The van der Waals surface area contributed by atoms with E-state index in [4.69, 9.17) is 4.74 Å². The Morgan fingerprint density at radius 2 is 2.27 bits per heavy atom. The molecule has 138 valence electrons. The Morgan fingerprint density at radius 1 is 1.42 bits per heavy atom. The first kappa shape index (κ1) is 18.3. The molecule has 2 amide bonds. The van der Waals surface area contributed by atoms with E-state index in [-0.39, 0.29) is 23.9 Å². The lowest BCUT2D eigenvalue weighted by molar-refractivity contribution is -0.125. The molecule has 2 aromatic heterocycles. The van der Waals surface area contributed by atoms with Gasteiger partial charge in [-0.1, -0.05) is 0 Å². The van der Waals surface area contributed by atoms with Gasteiger partial charge in [-0.25, -0.2) is 4.98 Å². The minimum absolute atomic E-state index is 0.0315. The van der Waals surface area contributed by atoms with E-state index in [2.05, 4.69) is 32.0 Å². The van der Waals surface area contributed by atoms with Crippen molar-refractivity contribution in [3.63, 3.8) is 0 Å². The maximum Gasteiger partial charge on any atom is 0.257 e. The van der Waals surface area contributed by atoms with Gasteiger partial charge in [0.2, 0.25) is 11.8 Å². The maximum absolute atomic E-state index is 12.6. The first-order chi connectivity index (χ1) is 12.6. The molecule has 2 atom stereocenters. The number of carbonyl (C=O) groups excluding carboxylic acids is 2. The summed E-state index contributed by atoms with van der Waals surface area (Å²) < 4.78 is 5.15. The van der Waals surface area contributed by atoms with Crippen LogP contribution in [0.1, 0.15) is 22.3 Å². The van der Waals surface area contributed by atoms with E-state index in [1.165, 1.54) is 12.7 Å². The van der Waals surface area contributed by atoms with Crippen molar-refractivity contribution < 1.29 is 14.3 Å². The van der Waals surface area contributed by atoms with Crippen LogP contribution in [-0.2, 0) is 11.3 Å². The van der Waals surface area contributed by atoms with Gasteiger partial charge in [-0.3, -0.25) is 14.5 Å². The Kier molecular flexibility index (Phi) is 5.85. The van der Waals surface area contributed by atoms with Crippen LogP contribution in [0.4, 0.5) is 0 Å². The van der Waals surface area contributed by atoms with Crippen molar-refractivity contribution in [2.24, 2.45) is 0 Å². The van der Waals surface area contributed by atoms with Crippen LogP contribution >= 0.6 is 11.3 Å². The molecule has 0 aliphatic carbocycles. The highest BCUT2D eigenvalue weighted by Crippen LogP contribution is 2.23. The van der Waals surface area contributed by atoms with Gasteiger partial charge in [-0.2, -0.15) is 11.3 Å². The maximum atomic E-state index is 12.6. The molecular formula is C18H22N4O3S. The summed E-state index contributed by atoms with van der Waals surface area (Å²) in [5.41, 5.74) is 1.56. The molecule has 2 aromatic rings. The quantitative estimate of drug-likeness (QED) is 0.796. The Hall–Kier alpha value is -2.45. The predicted octanol–water partition coefficient (Wildman–Crippen LogP) is 1.27. The second-order valence-corrected chi connectivity index (χ2v) is 6.94. The van der Waals surface area contributed by atoms with E-state index < -0.39 is 0 Å². The third kappa shape index (κ3) is 4.03. The van der Waals surface area contributed by atoms with Crippen molar-refractivity contribution in [1.29, 1.82) is 0 Å². The minimum atomic E-state index is -0.263. The van der Waals surface area contributed by atoms with Crippen molar-refractivity contribution in [1.82, 2.24) is 20.5 Å². The van der Waals surface area contributed by atoms with Crippen LogP contribution < -0.4 is 15.4 Å². The number of methoxy groups -OCH3 is 1. The molecule has 7 nitrogen and oxygen atoms in total. The minimum Gasteiger partial charge on any atom is -0.480 e. The molecule has 0 unspecified atom stereocenters. The number of hydrogen-bond donors (Lipinski definition) is 2. The summed E-state index contributed by atoms with van der Waals surface area (Å²) in [6.07, 6.45) is 2.15. The molecule has 0 aromatic carbocycles. The highest BCUT2D eigenvalue weighted by Gasteiger charge is 2.37.